The lowest BCUT2D eigenvalue weighted by Crippen LogP contribution is -2.29. The Bertz CT molecular complexity index is 363. The zero-order chi connectivity index (χ0) is 13.7. The molecule has 0 saturated carbocycles. The van der Waals surface area contributed by atoms with Crippen LogP contribution in [0.3, 0.4) is 0 Å². The van der Waals surface area contributed by atoms with Crippen LogP contribution in [0.4, 0.5) is 0 Å². The second kappa shape index (κ2) is 7.06. The van der Waals surface area contributed by atoms with E-state index in [0.29, 0.717) is 5.92 Å². The van der Waals surface area contributed by atoms with Crippen LogP contribution in [0.5, 0.6) is 0 Å². The Morgan fingerprint density at radius 1 is 1.21 bits per heavy atom. The summed E-state index contributed by atoms with van der Waals surface area (Å²) in [7, 11) is 4.26. The largest absolute Gasteiger partial charge is 0.319 e. The van der Waals surface area contributed by atoms with Crippen LogP contribution >= 0.6 is 0 Å². The van der Waals surface area contributed by atoms with Crippen LogP contribution in [0.25, 0.3) is 0 Å². The van der Waals surface area contributed by atoms with Crippen LogP contribution in [0.1, 0.15) is 49.1 Å². The third-order valence-corrected chi connectivity index (χ3v) is 4.54. The molecule has 0 bridgehead atoms. The molecule has 1 fully saturated rings. The molecule has 1 aliphatic rings. The monoisotopic (exact) mass is 260 g/mol. The number of hydrogen-bond acceptors (Lipinski definition) is 2. The maximum absolute atomic E-state index is 3.29. The highest BCUT2D eigenvalue weighted by Gasteiger charge is 2.18. The molecule has 1 heterocycles. The van der Waals surface area contributed by atoms with Gasteiger partial charge in [0.25, 0.3) is 0 Å². The first-order chi connectivity index (χ1) is 9.24. The molecule has 0 radical (unpaired) electrons. The van der Waals surface area contributed by atoms with Gasteiger partial charge in [0.05, 0.1) is 0 Å². The van der Waals surface area contributed by atoms with Crippen molar-refractivity contribution in [1.82, 2.24) is 10.2 Å². The van der Waals surface area contributed by atoms with Gasteiger partial charge in [0.1, 0.15) is 0 Å². The number of likely N-dealkylation sites (tertiary alicyclic amines) is 1. The summed E-state index contributed by atoms with van der Waals surface area (Å²) in [6.45, 7) is 5.82. The van der Waals surface area contributed by atoms with Crippen molar-refractivity contribution in [2.75, 3.05) is 33.7 Å². The van der Waals surface area contributed by atoms with E-state index >= 15 is 0 Å². The smallest absolute Gasteiger partial charge is 0.00170 e. The average Bonchev–Trinajstić information content (AvgIpc) is 2.46. The maximum Gasteiger partial charge on any atom is 0.00170 e. The van der Waals surface area contributed by atoms with Crippen molar-refractivity contribution in [3.63, 3.8) is 0 Å². The maximum atomic E-state index is 3.29. The zero-order valence-electron chi connectivity index (χ0n) is 12.7. The van der Waals surface area contributed by atoms with E-state index in [2.05, 4.69) is 48.5 Å². The predicted octanol–water partition coefficient (Wildman–Crippen LogP) is 3.21. The second-order valence-electron chi connectivity index (χ2n) is 5.91. The molecule has 1 aromatic rings. The van der Waals surface area contributed by atoms with Crippen LogP contribution in [-0.4, -0.2) is 38.6 Å². The topological polar surface area (TPSA) is 15.3 Å². The van der Waals surface area contributed by atoms with Gasteiger partial charge in [-0.05, 0) is 69.4 Å². The molecule has 0 aromatic heterocycles. The van der Waals surface area contributed by atoms with E-state index < -0.39 is 0 Å². The Kier molecular flexibility index (Phi) is 5.41. The lowest BCUT2D eigenvalue weighted by atomic mass is 9.87. The van der Waals surface area contributed by atoms with Crippen LogP contribution in [0.15, 0.2) is 24.3 Å². The minimum Gasteiger partial charge on any atom is -0.319 e. The van der Waals surface area contributed by atoms with Crippen molar-refractivity contribution >= 4 is 0 Å². The van der Waals surface area contributed by atoms with Gasteiger partial charge in [-0.1, -0.05) is 31.2 Å². The normalized spacial score (nSPS) is 19.5. The molecule has 1 aliphatic heterocycles. The van der Waals surface area contributed by atoms with E-state index in [1.54, 1.807) is 0 Å². The molecule has 1 unspecified atom stereocenters. The highest BCUT2D eigenvalue weighted by atomic mass is 15.1. The summed E-state index contributed by atoms with van der Waals surface area (Å²) in [4.78, 5) is 2.44. The molecule has 1 saturated heterocycles. The number of hydrogen-bond donors (Lipinski definition) is 1. The van der Waals surface area contributed by atoms with Gasteiger partial charge in [-0.2, -0.15) is 0 Å². The molecule has 1 atom stereocenters. The first kappa shape index (κ1) is 14.5. The summed E-state index contributed by atoms with van der Waals surface area (Å²) >= 11 is 0. The van der Waals surface area contributed by atoms with Crippen LogP contribution in [0, 0.1) is 0 Å². The second-order valence-corrected chi connectivity index (χ2v) is 5.91. The Labute approximate surface area is 118 Å². The predicted molar refractivity (Wildman–Crippen MR) is 82.9 cm³/mol. The molecule has 106 valence electrons. The molecule has 2 nitrogen and oxygen atoms in total. The van der Waals surface area contributed by atoms with Crippen molar-refractivity contribution in [1.29, 1.82) is 0 Å². The Morgan fingerprint density at radius 3 is 2.37 bits per heavy atom. The van der Waals surface area contributed by atoms with E-state index in [0.717, 1.165) is 12.5 Å². The van der Waals surface area contributed by atoms with Crippen molar-refractivity contribution in [3.05, 3.63) is 35.4 Å². The fourth-order valence-electron chi connectivity index (χ4n) is 3.13. The average molecular weight is 260 g/mol. The van der Waals surface area contributed by atoms with Gasteiger partial charge in [-0.3, -0.25) is 0 Å². The highest BCUT2D eigenvalue weighted by molar-refractivity contribution is 5.28. The highest BCUT2D eigenvalue weighted by Crippen LogP contribution is 2.29. The Hall–Kier alpha value is -0.860. The van der Waals surface area contributed by atoms with E-state index in [-0.39, 0.29) is 0 Å². The van der Waals surface area contributed by atoms with Gasteiger partial charge in [-0.15, -0.1) is 0 Å². The number of rotatable bonds is 5. The van der Waals surface area contributed by atoms with Crippen molar-refractivity contribution in [3.8, 4) is 0 Å². The Balaban J connectivity index is 2.01. The lowest BCUT2D eigenvalue weighted by Gasteiger charge is -2.29. The summed E-state index contributed by atoms with van der Waals surface area (Å²) in [5, 5.41) is 3.29. The minimum atomic E-state index is 0.650. The molecule has 2 rings (SSSR count). The number of likely N-dealkylation sites (N-methyl/N-ethyl adjacent to an activating group) is 1. The van der Waals surface area contributed by atoms with Gasteiger partial charge >= 0.3 is 0 Å². The standard InChI is InChI=1S/C17H28N2/c1-4-14(13-18-2)15-5-7-16(8-6-15)17-9-11-19(3)12-10-17/h5-8,14,17-18H,4,9-13H2,1-3H3. The lowest BCUT2D eigenvalue weighted by molar-refractivity contribution is 0.255. The number of nitrogens with one attached hydrogen (secondary N) is 1. The minimum absolute atomic E-state index is 0.650. The molecule has 19 heavy (non-hydrogen) atoms. The number of nitrogens with zero attached hydrogens (tertiary/aromatic N) is 1. The molecular weight excluding hydrogens is 232 g/mol. The van der Waals surface area contributed by atoms with E-state index in [9.17, 15) is 0 Å². The van der Waals surface area contributed by atoms with Crippen LogP contribution in [-0.2, 0) is 0 Å². The summed E-state index contributed by atoms with van der Waals surface area (Å²) in [6, 6.07) is 9.42. The van der Waals surface area contributed by atoms with Gasteiger partial charge in [-0.25, -0.2) is 0 Å². The van der Waals surface area contributed by atoms with Gasteiger partial charge in [0.2, 0.25) is 0 Å². The van der Waals surface area contributed by atoms with Crippen molar-refractivity contribution in [2.24, 2.45) is 0 Å². The number of piperidine rings is 1. The summed E-state index contributed by atoms with van der Waals surface area (Å²) < 4.78 is 0. The van der Waals surface area contributed by atoms with Gasteiger partial charge in [0, 0.05) is 6.54 Å². The third kappa shape index (κ3) is 3.80. The fourth-order valence-corrected chi connectivity index (χ4v) is 3.13. The Morgan fingerprint density at radius 2 is 1.84 bits per heavy atom. The SMILES string of the molecule is CCC(CNC)c1ccc(C2CCN(C)CC2)cc1. The van der Waals surface area contributed by atoms with E-state index in [1.165, 1.54) is 43.5 Å². The molecule has 0 amide bonds. The summed E-state index contributed by atoms with van der Waals surface area (Å²) in [5.74, 6) is 1.42. The zero-order valence-corrected chi connectivity index (χ0v) is 12.7. The van der Waals surface area contributed by atoms with Gasteiger partial charge < -0.3 is 10.2 Å². The number of benzene rings is 1. The van der Waals surface area contributed by atoms with E-state index in [4.69, 9.17) is 0 Å². The molecule has 1 N–H and O–H groups in total. The summed E-state index contributed by atoms with van der Waals surface area (Å²) in [6.07, 6.45) is 3.82. The van der Waals surface area contributed by atoms with Crippen LogP contribution < -0.4 is 5.32 Å². The van der Waals surface area contributed by atoms with Crippen molar-refractivity contribution < 1.29 is 0 Å². The van der Waals surface area contributed by atoms with Crippen molar-refractivity contribution in [2.45, 2.75) is 38.0 Å². The first-order valence-electron chi connectivity index (χ1n) is 7.67. The molecule has 0 aliphatic carbocycles. The fraction of sp³-hybridized carbons (Fsp3) is 0.647. The summed E-state index contributed by atoms with van der Waals surface area (Å²) in [5.41, 5.74) is 3.02. The quantitative estimate of drug-likeness (QED) is 0.874. The van der Waals surface area contributed by atoms with Gasteiger partial charge in [0.15, 0.2) is 0 Å². The molecule has 0 spiro atoms. The molecule has 1 aromatic carbocycles. The molecule has 2 heteroatoms. The first-order valence-corrected chi connectivity index (χ1v) is 7.67. The van der Waals surface area contributed by atoms with Crippen LogP contribution in [0.2, 0.25) is 0 Å². The van der Waals surface area contributed by atoms with E-state index in [1.807, 2.05) is 7.05 Å². The molecular formula is C17H28N2. The third-order valence-electron chi connectivity index (χ3n) is 4.54.